The van der Waals surface area contributed by atoms with Crippen molar-refractivity contribution in [3.05, 3.63) is 68.8 Å². The van der Waals surface area contributed by atoms with Crippen molar-refractivity contribution in [1.82, 2.24) is 19.4 Å². The van der Waals surface area contributed by atoms with Crippen molar-refractivity contribution in [2.75, 3.05) is 19.6 Å². The number of carbonyl (C=O) groups is 2. The van der Waals surface area contributed by atoms with Gasteiger partial charge in [0.25, 0.3) is 5.91 Å². The molecule has 0 bridgehead atoms. The van der Waals surface area contributed by atoms with E-state index in [1.165, 1.54) is 34.2 Å². The molecule has 1 saturated carbocycles. The Labute approximate surface area is 223 Å². The Balaban J connectivity index is 1.43. The van der Waals surface area contributed by atoms with Gasteiger partial charge in [0, 0.05) is 42.8 Å². The second kappa shape index (κ2) is 9.04. The smallest absolute Gasteiger partial charge is 0.274 e. The number of halogens is 1. The fraction of sp³-hybridized carbons (Fsp3) is 0.429. The molecule has 2 fully saturated rings. The van der Waals surface area contributed by atoms with Gasteiger partial charge in [-0.15, -0.1) is 11.3 Å². The molecule has 4 heterocycles. The summed E-state index contributed by atoms with van der Waals surface area (Å²) < 4.78 is 14.8. The van der Waals surface area contributed by atoms with Crippen LogP contribution in [0.1, 0.15) is 54.0 Å². The van der Waals surface area contributed by atoms with Crippen LogP contribution < -0.4 is 5.43 Å². The maximum Gasteiger partial charge on any atom is 0.274 e. The van der Waals surface area contributed by atoms with E-state index in [2.05, 4.69) is 4.98 Å². The summed E-state index contributed by atoms with van der Waals surface area (Å²) in [6.45, 7) is 5.22. The van der Waals surface area contributed by atoms with Crippen molar-refractivity contribution in [2.45, 2.75) is 51.1 Å². The number of thiazole rings is 1. The molecule has 10 heteroatoms. The van der Waals surface area contributed by atoms with Crippen LogP contribution in [0, 0.1) is 11.7 Å². The molecule has 3 aliphatic rings. The number of fused-ring (bicyclic) bond motifs is 1. The molecule has 2 aliphatic heterocycles. The van der Waals surface area contributed by atoms with Gasteiger partial charge < -0.3 is 19.5 Å². The first-order chi connectivity index (χ1) is 18.2. The lowest BCUT2D eigenvalue weighted by molar-refractivity contribution is -0.145. The molecule has 198 valence electrons. The lowest BCUT2D eigenvalue weighted by atomic mass is 9.91. The Kier molecular flexibility index (Phi) is 5.90. The summed E-state index contributed by atoms with van der Waals surface area (Å²) in [5, 5.41) is 11.5. The first-order valence-electron chi connectivity index (χ1n) is 13.0. The quantitative estimate of drug-likeness (QED) is 0.519. The van der Waals surface area contributed by atoms with Crippen LogP contribution in [0.15, 0.2) is 41.5 Å². The van der Waals surface area contributed by atoms with Crippen LogP contribution in [0.25, 0.3) is 10.6 Å². The highest BCUT2D eigenvalue weighted by molar-refractivity contribution is 7.15. The molecular weight excluding hydrogens is 507 g/mol. The number of aromatic hydroxyl groups is 1. The number of pyridine rings is 1. The third kappa shape index (κ3) is 4.02. The number of hydrogen-bond donors (Lipinski definition) is 1. The van der Waals surface area contributed by atoms with Gasteiger partial charge in [-0.2, -0.15) is 0 Å². The lowest BCUT2D eigenvalue weighted by Crippen LogP contribution is -2.63. The van der Waals surface area contributed by atoms with Crippen LogP contribution in [0.2, 0.25) is 0 Å². The van der Waals surface area contributed by atoms with Gasteiger partial charge in [-0.1, -0.05) is 12.1 Å². The van der Waals surface area contributed by atoms with E-state index in [-0.39, 0.29) is 35.6 Å². The minimum atomic E-state index is -1.18. The first kappa shape index (κ1) is 24.8. The fourth-order valence-electron chi connectivity index (χ4n) is 5.47. The van der Waals surface area contributed by atoms with Crippen molar-refractivity contribution in [1.29, 1.82) is 0 Å². The number of amides is 2. The van der Waals surface area contributed by atoms with Gasteiger partial charge in [-0.3, -0.25) is 14.4 Å². The van der Waals surface area contributed by atoms with Crippen LogP contribution in [0.5, 0.6) is 5.75 Å². The molecule has 6 rings (SSSR count). The van der Waals surface area contributed by atoms with Gasteiger partial charge in [0.1, 0.15) is 16.4 Å². The first-order valence-corrected chi connectivity index (χ1v) is 13.8. The van der Waals surface area contributed by atoms with Crippen molar-refractivity contribution in [2.24, 2.45) is 5.92 Å². The van der Waals surface area contributed by atoms with Gasteiger partial charge in [0.05, 0.1) is 12.1 Å². The molecule has 1 aliphatic carbocycles. The van der Waals surface area contributed by atoms with Gasteiger partial charge in [-0.25, -0.2) is 9.37 Å². The fourth-order valence-corrected chi connectivity index (χ4v) is 6.43. The van der Waals surface area contributed by atoms with E-state index in [1.54, 1.807) is 35.1 Å². The minimum absolute atomic E-state index is 0.0954. The van der Waals surface area contributed by atoms with Crippen LogP contribution >= 0.6 is 11.3 Å². The molecule has 1 saturated heterocycles. The molecule has 2 aromatic heterocycles. The second-order valence-electron chi connectivity index (χ2n) is 10.8. The zero-order chi connectivity index (χ0) is 26.8. The second-order valence-corrected chi connectivity index (χ2v) is 11.9. The summed E-state index contributed by atoms with van der Waals surface area (Å²) in [5.41, 5.74) is -0.972. The van der Waals surface area contributed by atoms with Gasteiger partial charge >= 0.3 is 0 Å². The molecule has 1 aromatic carbocycles. The standard InChI is InChI=1S/C28H29FN4O4S/c1-16(18-6-7-18)32-15-28(2,27(37)31-10-3-11-31)33-14-21(23(34)24(35)22(33)26(32)36)25-30-13-20(38-25)12-17-4-8-19(29)9-5-17/h4-5,8-9,13-14,16,18,35H,3,6-7,10-12,15H2,1-2H3/t16-,28+/m0/s1. The van der Waals surface area contributed by atoms with E-state index in [0.717, 1.165) is 29.7 Å². The summed E-state index contributed by atoms with van der Waals surface area (Å²) in [7, 11) is 0. The largest absolute Gasteiger partial charge is 0.503 e. The number of nitrogens with zero attached hydrogens (tertiary/aromatic N) is 4. The zero-order valence-corrected chi connectivity index (χ0v) is 22.1. The molecule has 1 N–H and O–H groups in total. The normalized spacial score (nSPS) is 21.7. The average molecular weight is 537 g/mol. The summed E-state index contributed by atoms with van der Waals surface area (Å²) >= 11 is 1.29. The summed E-state index contributed by atoms with van der Waals surface area (Å²) in [6.07, 6.45) is 6.64. The highest BCUT2D eigenvalue weighted by atomic mass is 32.1. The van der Waals surface area contributed by atoms with E-state index < -0.39 is 22.6 Å². The van der Waals surface area contributed by atoms with Crippen LogP contribution in [-0.4, -0.2) is 61.9 Å². The lowest BCUT2D eigenvalue weighted by Gasteiger charge is -2.48. The monoisotopic (exact) mass is 536 g/mol. The van der Waals surface area contributed by atoms with Gasteiger partial charge in [0.15, 0.2) is 11.4 Å². The maximum atomic E-state index is 13.8. The number of carbonyl (C=O) groups excluding carboxylic acids is 2. The average Bonchev–Trinajstić information content (AvgIpc) is 3.62. The molecular formula is C28H29FN4O4S. The SMILES string of the molecule is C[C@@H](C1CC1)N1C[C@](C)(C(=O)N2CCC2)n2cc(-c3ncc(Cc4ccc(F)cc4)s3)c(=O)c(O)c2C1=O. The van der Waals surface area contributed by atoms with E-state index in [4.69, 9.17) is 0 Å². The minimum Gasteiger partial charge on any atom is -0.503 e. The Morgan fingerprint density at radius 1 is 1.24 bits per heavy atom. The molecule has 38 heavy (non-hydrogen) atoms. The van der Waals surface area contributed by atoms with Crippen molar-refractivity contribution in [3.8, 4) is 16.3 Å². The highest BCUT2D eigenvalue weighted by Gasteiger charge is 2.51. The Morgan fingerprint density at radius 3 is 2.58 bits per heavy atom. The van der Waals surface area contributed by atoms with Gasteiger partial charge in [0.2, 0.25) is 11.3 Å². The van der Waals surface area contributed by atoms with Crippen molar-refractivity contribution >= 4 is 23.2 Å². The van der Waals surface area contributed by atoms with Crippen molar-refractivity contribution in [3.63, 3.8) is 0 Å². The molecule has 8 nitrogen and oxygen atoms in total. The third-order valence-electron chi connectivity index (χ3n) is 8.13. The maximum absolute atomic E-state index is 13.8. The van der Waals surface area contributed by atoms with E-state index in [0.29, 0.717) is 30.4 Å². The number of hydrogen-bond acceptors (Lipinski definition) is 6. The van der Waals surface area contributed by atoms with Gasteiger partial charge in [-0.05, 0) is 56.7 Å². The number of benzene rings is 1. The predicted molar refractivity (Wildman–Crippen MR) is 141 cm³/mol. The summed E-state index contributed by atoms with van der Waals surface area (Å²) in [4.78, 5) is 49.5. The molecule has 0 unspecified atom stereocenters. The topological polar surface area (TPSA) is 95.7 Å². The highest BCUT2D eigenvalue weighted by Crippen LogP contribution is 2.41. The van der Waals surface area contributed by atoms with E-state index >= 15 is 0 Å². The summed E-state index contributed by atoms with van der Waals surface area (Å²) in [6, 6.07) is 6.08. The van der Waals surface area contributed by atoms with Crippen LogP contribution in [-0.2, 0) is 16.8 Å². The predicted octanol–water partition coefficient (Wildman–Crippen LogP) is 3.61. The Morgan fingerprint density at radius 2 is 1.95 bits per heavy atom. The van der Waals surface area contributed by atoms with Crippen LogP contribution in [0.3, 0.4) is 0 Å². The van der Waals surface area contributed by atoms with Crippen molar-refractivity contribution < 1.29 is 19.1 Å². The molecule has 0 spiro atoms. The van der Waals surface area contributed by atoms with E-state index in [9.17, 15) is 23.9 Å². The third-order valence-corrected chi connectivity index (χ3v) is 9.16. The molecule has 3 aromatic rings. The van der Waals surface area contributed by atoms with Crippen LogP contribution in [0.4, 0.5) is 4.39 Å². The summed E-state index contributed by atoms with van der Waals surface area (Å²) in [5.74, 6) is -1.17. The molecule has 2 amide bonds. The molecule has 0 radical (unpaired) electrons. The number of rotatable bonds is 6. The van der Waals surface area contributed by atoms with E-state index in [1.807, 2.05) is 6.92 Å². The zero-order valence-electron chi connectivity index (χ0n) is 21.3. The number of likely N-dealkylation sites (tertiary alicyclic amines) is 1. The number of aromatic nitrogens is 2. The Bertz CT molecular complexity index is 1490. The molecule has 2 atom stereocenters. The Hall–Kier alpha value is -3.53.